The van der Waals surface area contributed by atoms with Crippen molar-refractivity contribution in [3.63, 3.8) is 0 Å². The van der Waals surface area contributed by atoms with Crippen LogP contribution in [0, 0.1) is 5.92 Å². The van der Waals surface area contributed by atoms with Gasteiger partial charge in [-0.3, -0.25) is 4.98 Å². The van der Waals surface area contributed by atoms with E-state index in [0.29, 0.717) is 18.1 Å². The first-order valence-corrected chi connectivity index (χ1v) is 6.55. The van der Waals surface area contributed by atoms with Crippen molar-refractivity contribution in [1.29, 1.82) is 0 Å². The topological polar surface area (TPSA) is 34.2 Å². The Morgan fingerprint density at radius 2 is 2.47 bits per heavy atom. The van der Waals surface area contributed by atoms with E-state index in [1.807, 2.05) is 18.5 Å². The van der Waals surface area contributed by atoms with Crippen molar-refractivity contribution >= 4 is 0 Å². The lowest BCUT2D eigenvalue weighted by Crippen LogP contribution is -2.40. The number of ether oxygens (including phenoxy) is 1. The van der Waals surface area contributed by atoms with Gasteiger partial charge in [-0.15, -0.1) is 0 Å². The van der Waals surface area contributed by atoms with Crippen LogP contribution < -0.4 is 5.32 Å². The highest BCUT2D eigenvalue weighted by Crippen LogP contribution is 2.25. The molecular weight excluding hydrogens is 212 g/mol. The maximum Gasteiger partial charge on any atom is 0.0590 e. The quantitative estimate of drug-likeness (QED) is 0.846. The molecule has 0 saturated carbocycles. The Morgan fingerprint density at radius 1 is 1.59 bits per heavy atom. The first-order chi connectivity index (χ1) is 8.31. The molecule has 94 valence electrons. The average Bonchev–Trinajstić information content (AvgIpc) is 2.76. The molecule has 2 rings (SSSR count). The van der Waals surface area contributed by atoms with E-state index in [9.17, 15) is 0 Å². The van der Waals surface area contributed by atoms with Gasteiger partial charge in [0, 0.05) is 31.0 Å². The molecule has 1 aliphatic heterocycles. The number of pyridine rings is 1. The van der Waals surface area contributed by atoms with Crippen molar-refractivity contribution in [2.75, 3.05) is 13.2 Å². The molecular formula is C14H22N2O. The lowest BCUT2D eigenvalue weighted by atomic mass is 9.89. The monoisotopic (exact) mass is 234 g/mol. The summed E-state index contributed by atoms with van der Waals surface area (Å²) in [6, 6.07) is 4.66. The van der Waals surface area contributed by atoms with Crippen LogP contribution in [0.1, 0.15) is 25.8 Å². The van der Waals surface area contributed by atoms with Gasteiger partial charge < -0.3 is 10.1 Å². The summed E-state index contributed by atoms with van der Waals surface area (Å²) < 4.78 is 5.67. The molecule has 2 heterocycles. The van der Waals surface area contributed by atoms with Gasteiger partial charge in [0.1, 0.15) is 0 Å². The number of aromatic nitrogens is 1. The lowest BCUT2D eigenvalue weighted by Gasteiger charge is -2.26. The van der Waals surface area contributed by atoms with E-state index in [1.54, 1.807) is 0 Å². The van der Waals surface area contributed by atoms with Crippen molar-refractivity contribution < 1.29 is 4.74 Å². The van der Waals surface area contributed by atoms with Gasteiger partial charge in [-0.25, -0.2) is 0 Å². The first kappa shape index (κ1) is 12.5. The van der Waals surface area contributed by atoms with E-state index >= 15 is 0 Å². The second-order valence-electron chi connectivity index (χ2n) is 4.76. The van der Waals surface area contributed by atoms with Crippen LogP contribution in [-0.4, -0.2) is 30.3 Å². The van der Waals surface area contributed by atoms with E-state index in [2.05, 4.69) is 30.2 Å². The molecule has 0 aromatic carbocycles. The van der Waals surface area contributed by atoms with Gasteiger partial charge in [-0.05, 0) is 37.9 Å². The largest absolute Gasteiger partial charge is 0.378 e. The molecule has 1 fully saturated rings. The van der Waals surface area contributed by atoms with E-state index in [4.69, 9.17) is 4.74 Å². The zero-order chi connectivity index (χ0) is 12.1. The number of hydrogen-bond donors (Lipinski definition) is 1. The van der Waals surface area contributed by atoms with Crippen molar-refractivity contribution in [3.05, 3.63) is 30.1 Å². The minimum Gasteiger partial charge on any atom is -0.378 e. The fourth-order valence-corrected chi connectivity index (χ4v) is 2.69. The zero-order valence-corrected chi connectivity index (χ0v) is 10.7. The first-order valence-electron chi connectivity index (χ1n) is 6.55. The van der Waals surface area contributed by atoms with Crippen LogP contribution in [0.3, 0.4) is 0 Å². The maximum atomic E-state index is 5.67. The fourth-order valence-electron chi connectivity index (χ4n) is 2.69. The Labute approximate surface area is 104 Å². The minimum atomic E-state index is 0.371. The summed E-state index contributed by atoms with van der Waals surface area (Å²) in [5, 5.41) is 3.60. The highest BCUT2D eigenvalue weighted by molar-refractivity contribution is 5.11. The lowest BCUT2D eigenvalue weighted by molar-refractivity contribution is 0.0956. The molecule has 3 atom stereocenters. The fraction of sp³-hybridized carbons (Fsp3) is 0.643. The average molecular weight is 234 g/mol. The van der Waals surface area contributed by atoms with Gasteiger partial charge in [0.15, 0.2) is 0 Å². The van der Waals surface area contributed by atoms with Crippen molar-refractivity contribution in [2.45, 2.75) is 38.8 Å². The molecule has 3 nitrogen and oxygen atoms in total. The predicted octanol–water partition coefficient (Wildman–Crippen LogP) is 2.03. The van der Waals surface area contributed by atoms with Crippen molar-refractivity contribution in [2.24, 2.45) is 5.92 Å². The van der Waals surface area contributed by atoms with E-state index in [0.717, 1.165) is 19.6 Å². The van der Waals surface area contributed by atoms with Crippen LogP contribution in [0.2, 0.25) is 0 Å². The van der Waals surface area contributed by atoms with Gasteiger partial charge in [0.2, 0.25) is 0 Å². The van der Waals surface area contributed by atoms with Crippen LogP contribution >= 0.6 is 0 Å². The standard InChI is InChI=1S/C14H22N2O/c1-3-16-14(13-6-8-17-11(13)2)9-12-5-4-7-15-10-12/h4-5,7,10-11,13-14,16H,3,6,8-9H2,1-2H3. The minimum absolute atomic E-state index is 0.371. The summed E-state index contributed by atoms with van der Waals surface area (Å²) in [7, 11) is 0. The molecule has 0 spiro atoms. The molecule has 1 aromatic heterocycles. The van der Waals surface area contributed by atoms with Gasteiger partial charge in [0.05, 0.1) is 6.10 Å². The van der Waals surface area contributed by atoms with Gasteiger partial charge in [-0.1, -0.05) is 13.0 Å². The Kier molecular flexibility index (Phi) is 4.51. The third-order valence-corrected chi connectivity index (χ3v) is 3.60. The number of rotatable bonds is 5. The maximum absolute atomic E-state index is 5.67. The van der Waals surface area contributed by atoms with Gasteiger partial charge in [-0.2, -0.15) is 0 Å². The Bertz CT molecular complexity index is 328. The highest BCUT2D eigenvalue weighted by Gasteiger charge is 2.31. The van der Waals surface area contributed by atoms with Crippen molar-refractivity contribution in [3.8, 4) is 0 Å². The third kappa shape index (κ3) is 3.27. The van der Waals surface area contributed by atoms with Crippen LogP contribution in [0.15, 0.2) is 24.5 Å². The smallest absolute Gasteiger partial charge is 0.0590 e. The SMILES string of the molecule is CCNC(Cc1cccnc1)C1CCOC1C. The summed E-state index contributed by atoms with van der Waals surface area (Å²) in [4.78, 5) is 4.18. The van der Waals surface area contributed by atoms with Crippen molar-refractivity contribution in [1.82, 2.24) is 10.3 Å². The van der Waals surface area contributed by atoms with Gasteiger partial charge in [0.25, 0.3) is 0 Å². The Balaban J connectivity index is 2.02. The normalized spacial score (nSPS) is 26.0. The van der Waals surface area contributed by atoms with Crippen LogP contribution in [-0.2, 0) is 11.2 Å². The molecule has 17 heavy (non-hydrogen) atoms. The molecule has 1 saturated heterocycles. The number of nitrogens with zero attached hydrogens (tertiary/aromatic N) is 1. The van der Waals surface area contributed by atoms with Crippen LogP contribution in [0.25, 0.3) is 0 Å². The summed E-state index contributed by atoms with van der Waals surface area (Å²) in [6.07, 6.45) is 6.37. The Hall–Kier alpha value is -0.930. The summed E-state index contributed by atoms with van der Waals surface area (Å²) in [6.45, 7) is 6.26. The highest BCUT2D eigenvalue weighted by atomic mass is 16.5. The predicted molar refractivity (Wildman–Crippen MR) is 68.9 cm³/mol. The number of hydrogen-bond acceptors (Lipinski definition) is 3. The molecule has 3 heteroatoms. The molecule has 0 amide bonds. The second-order valence-corrected chi connectivity index (χ2v) is 4.76. The van der Waals surface area contributed by atoms with E-state index < -0.39 is 0 Å². The second kappa shape index (κ2) is 6.12. The molecule has 1 aliphatic rings. The van der Waals surface area contributed by atoms with Crippen LogP contribution in [0.4, 0.5) is 0 Å². The van der Waals surface area contributed by atoms with Gasteiger partial charge >= 0.3 is 0 Å². The Morgan fingerprint density at radius 3 is 3.06 bits per heavy atom. The molecule has 0 radical (unpaired) electrons. The summed E-state index contributed by atoms with van der Waals surface area (Å²) in [5.74, 6) is 0.621. The molecule has 3 unspecified atom stereocenters. The molecule has 1 aromatic rings. The van der Waals surface area contributed by atoms with E-state index in [1.165, 1.54) is 12.0 Å². The molecule has 0 aliphatic carbocycles. The molecule has 0 bridgehead atoms. The van der Waals surface area contributed by atoms with Crippen LogP contribution in [0.5, 0.6) is 0 Å². The summed E-state index contributed by atoms with van der Waals surface area (Å²) in [5.41, 5.74) is 1.30. The van der Waals surface area contributed by atoms with E-state index in [-0.39, 0.29) is 0 Å². The summed E-state index contributed by atoms with van der Waals surface area (Å²) >= 11 is 0. The number of likely N-dealkylation sites (N-methyl/N-ethyl adjacent to an activating group) is 1. The number of nitrogens with one attached hydrogen (secondary N) is 1. The third-order valence-electron chi connectivity index (χ3n) is 3.60. The molecule has 1 N–H and O–H groups in total. The zero-order valence-electron chi connectivity index (χ0n) is 10.7.